The van der Waals surface area contributed by atoms with Gasteiger partial charge in [0.2, 0.25) is 0 Å². The summed E-state index contributed by atoms with van der Waals surface area (Å²) < 4.78 is 44.4. The van der Waals surface area contributed by atoms with E-state index in [-0.39, 0.29) is 0 Å². The minimum absolute atomic E-state index is 0.417. The molecule has 0 saturated heterocycles. The SMILES string of the molecule is O=S(=O)(F)C=Cc1ccc(F)cc1. The van der Waals surface area contributed by atoms with Crippen LogP contribution in [-0.2, 0) is 10.2 Å². The molecule has 0 aromatic heterocycles. The van der Waals surface area contributed by atoms with E-state index in [2.05, 4.69) is 0 Å². The lowest BCUT2D eigenvalue weighted by Crippen LogP contribution is -1.81. The van der Waals surface area contributed by atoms with Gasteiger partial charge in [0.1, 0.15) is 5.82 Å². The van der Waals surface area contributed by atoms with Crippen molar-refractivity contribution in [1.82, 2.24) is 0 Å². The Morgan fingerprint density at radius 2 is 1.69 bits per heavy atom. The molecule has 0 spiro atoms. The van der Waals surface area contributed by atoms with E-state index in [0.29, 0.717) is 11.0 Å². The number of rotatable bonds is 2. The van der Waals surface area contributed by atoms with Crippen molar-refractivity contribution in [2.75, 3.05) is 0 Å². The highest BCUT2D eigenvalue weighted by atomic mass is 32.3. The average Bonchev–Trinajstić information content (AvgIpc) is 2.02. The Labute approximate surface area is 74.7 Å². The van der Waals surface area contributed by atoms with E-state index in [1.165, 1.54) is 12.1 Å². The molecular formula is C8H6F2O2S. The van der Waals surface area contributed by atoms with Crippen molar-refractivity contribution < 1.29 is 16.7 Å². The van der Waals surface area contributed by atoms with E-state index >= 15 is 0 Å². The van der Waals surface area contributed by atoms with E-state index < -0.39 is 16.0 Å². The first-order valence-electron chi connectivity index (χ1n) is 3.36. The predicted octanol–water partition coefficient (Wildman–Crippen LogP) is 2.10. The molecular weight excluding hydrogens is 198 g/mol. The van der Waals surface area contributed by atoms with Crippen molar-refractivity contribution in [2.24, 2.45) is 0 Å². The van der Waals surface area contributed by atoms with Gasteiger partial charge in [-0.3, -0.25) is 0 Å². The van der Waals surface area contributed by atoms with Gasteiger partial charge in [-0.15, -0.1) is 3.89 Å². The molecule has 0 aliphatic heterocycles. The first-order valence-corrected chi connectivity index (χ1v) is 4.80. The number of halogens is 2. The van der Waals surface area contributed by atoms with Crippen molar-refractivity contribution in [3.8, 4) is 0 Å². The summed E-state index contributed by atoms with van der Waals surface area (Å²) in [5.74, 6) is -0.430. The van der Waals surface area contributed by atoms with Gasteiger partial charge in [0.05, 0.1) is 5.41 Å². The first kappa shape index (κ1) is 9.85. The molecule has 0 unspecified atom stereocenters. The monoisotopic (exact) mass is 204 g/mol. The van der Waals surface area contributed by atoms with Gasteiger partial charge in [-0.25, -0.2) is 4.39 Å². The molecule has 0 atom stereocenters. The third-order valence-corrected chi connectivity index (χ3v) is 1.75. The van der Waals surface area contributed by atoms with Crippen LogP contribution in [0.25, 0.3) is 6.08 Å². The van der Waals surface area contributed by atoms with Crippen LogP contribution in [0.5, 0.6) is 0 Å². The first-order chi connectivity index (χ1) is 5.97. The second-order valence-corrected chi connectivity index (χ2v) is 3.55. The quantitative estimate of drug-likeness (QED) is 0.691. The highest BCUT2D eigenvalue weighted by Gasteiger charge is 1.98. The summed E-state index contributed by atoms with van der Waals surface area (Å²) in [4.78, 5) is 0. The zero-order chi connectivity index (χ0) is 9.90. The minimum Gasteiger partial charge on any atom is -0.207 e. The second-order valence-electron chi connectivity index (χ2n) is 2.33. The van der Waals surface area contributed by atoms with Crippen LogP contribution in [0.2, 0.25) is 0 Å². The zero-order valence-electron chi connectivity index (χ0n) is 6.44. The van der Waals surface area contributed by atoms with Crippen LogP contribution in [0, 0.1) is 5.82 Å². The maximum absolute atomic E-state index is 12.3. The maximum atomic E-state index is 12.3. The minimum atomic E-state index is -4.61. The van der Waals surface area contributed by atoms with Gasteiger partial charge in [-0.1, -0.05) is 12.1 Å². The van der Waals surface area contributed by atoms with Gasteiger partial charge in [0, 0.05) is 0 Å². The van der Waals surface area contributed by atoms with Gasteiger partial charge >= 0.3 is 10.2 Å². The van der Waals surface area contributed by atoms with Crippen LogP contribution >= 0.6 is 0 Å². The van der Waals surface area contributed by atoms with Crippen molar-refractivity contribution in [2.45, 2.75) is 0 Å². The summed E-state index contributed by atoms with van der Waals surface area (Å²) in [7, 11) is -4.61. The van der Waals surface area contributed by atoms with Crippen LogP contribution < -0.4 is 0 Å². The summed E-state index contributed by atoms with van der Waals surface area (Å²) in [6.45, 7) is 0. The largest absolute Gasteiger partial charge is 0.325 e. The molecule has 0 saturated carbocycles. The summed E-state index contributed by atoms with van der Waals surface area (Å²) in [5.41, 5.74) is 0.419. The predicted molar refractivity (Wildman–Crippen MR) is 45.5 cm³/mol. The highest BCUT2D eigenvalue weighted by molar-refractivity contribution is 7.89. The molecule has 0 radical (unpaired) electrons. The number of hydrogen-bond acceptors (Lipinski definition) is 2. The van der Waals surface area contributed by atoms with Crippen molar-refractivity contribution >= 4 is 16.3 Å². The molecule has 0 aliphatic carbocycles. The highest BCUT2D eigenvalue weighted by Crippen LogP contribution is 2.06. The number of hydrogen-bond donors (Lipinski definition) is 0. The lowest BCUT2D eigenvalue weighted by Gasteiger charge is -1.90. The van der Waals surface area contributed by atoms with Gasteiger partial charge in [0.25, 0.3) is 0 Å². The van der Waals surface area contributed by atoms with Gasteiger partial charge in [0.15, 0.2) is 0 Å². The third-order valence-electron chi connectivity index (χ3n) is 1.29. The molecule has 5 heteroatoms. The molecule has 0 aliphatic rings. The van der Waals surface area contributed by atoms with Crippen LogP contribution in [0.15, 0.2) is 29.7 Å². The summed E-state index contributed by atoms with van der Waals surface area (Å²) in [6.07, 6.45) is 1.05. The molecule has 0 fully saturated rings. The fraction of sp³-hybridized carbons (Fsp3) is 0. The molecule has 70 valence electrons. The lowest BCUT2D eigenvalue weighted by atomic mass is 10.2. The van der Waals surface area contributed by atoms with Gasteiger partial charge < -0.3 is 0 Å². The number of benzene rings is 1. The van der Waals surface area contributed by atoms with Crippen molar-refractivity contribution in [1.29, 1.82) is 0 Å². The summed E-state index contributed by atoms with van der Waals surface area (Å²) in [6, 6.07) is 5.00. The second kappa shape index (κ2) is 3.66. The average molecular weight is 204 g/mol. The Balaban J connectivity index is 2.88. The lowest BCUT2D eigenvalue weighted by molar-refractivity contribution is 0.563. The molecule has 13 heavy (non-hydrogen) atoms. The Kier molecular flexibility index (Phi) is 2.77. The standard InChI is InChI=1S/C8H6F2O2S/c9-8-3-1-7(2-4-8)5-6-13(10,11)12/h1-6H. The fourth-order valence-electron chi connectivity index (χ4n) is 0.734. The molecule has 0 N–H and O–H groups in total. The maximum Gasteiger partial charge on any atom is 0.325 e. The molecule has 1 aromatic carbocycles. The van der Waals surface area contributed by atoms with Crippen molar-refractivity contribution in [3.05, 3.63) is 41.1 Å². The smallest absolute Gasteiger partial charge is 0.207 e. The Hall–Kier alpha value is -1.23. The third kappa shape index (κ3) is 3.80. The normalized spacial score (nSPS) is 12.2. The molecule has 1 aromatic rings. The fourth-order valence-corrected chi connectivity index (χ4v) is 1.05. The van der Waals surface area contributed by atoms with Crippen LogP contribution in [0.4, 0.5) is 8.28 Å². The zero-order valence-corrected chi connectivity index (χ0v) is 7.26. The van der Waals surface area contributed by atoms with Crippen LogP contribution in [0.1, 0.15) is 5.56 Å². The van der Waals surface area contributed by atoms with E-state index in [4.69, 9.17) is 0 Å². The molecule has 2 nitrogen and oxygen atoms in total. The molecule has 0 amide bonds. The van der Waals surface area contributed by atoms with E-state index in [1.807, 2.05) is 0 Å². The van der Waals surface area contributed by atoms with Gasteiger partial charge in [-0.05, 0) is 23.8 Å². The Morgan fingerprint density at radius 1 is 1.15 bits per heavy atom. The Morgan fingerprint density at radius 3 is 2.15 bits per heavy atom. The Bertz CT molecular complexity index is 406. The molecule has 1 rings (SSSR count). The van der Waals surface area contributed by atoms with Gasteiger partial charge in [-0.2, -0.15) is 8.42 Å². The van der Waals surface area contributed by atoms with E-state index in [0.717, 1.165) is 18.2 Å². The van der Waals surface area contributed by atoms with E-state index in [1.54, 1.807) is 0 Å². The summed E-state index contributed by atoms with van der Waals surface area (Å²) >= 11 is 0. The van der Waals surface area contributed by atoms with Crippen LogP contribution in [-0.4, -0.2) is 8.42 Å². The van der Waals surface area contributed by atoms with Crippen LogP contribution in [0.3, 0.4) is 0 Å². The summed E-state index contributed by atoms with van der Waals surface area (Å²) in [5, 5.41) is 0.417. The van der Waals surface area contributed by atoms with Crippen molar-refractivity contribution in [3.63, 3.8) is 0 Å². The topological polar surface area (TPSA) is 34.1 Å². The molecule has 0 bridgehead atoms. The van der Waals surface area contributed by atoms with E-state index in [9.17, 15) is 16.7 Å². The molecule has 0 heterocycles.